The molecular weight excluding hydrogens is 282 g/mol. The average Bonchev–Trinajstić information content (AvgIpc) is 3.00. The van der Waals surface area contributed by atoms with Crippen molar-refractivity contribution in [1.82, 2.24) is 5.06 Å². The molecule has 2 nitrogen and oxygen atoms in total. The topological polar surface area (TPSA) is 12.5 Å². The van der Waals surface area contributed by atoms with E-state index < -0.39 is 0 Å². The molecule has 0 amide bonds. The van der Waals surface area contributed by atoms with Crippen molar-refractivity contribution in [2.75, 3.05) is 6.61 Å². The Kier molecular flexibility index (Phi) is 4.28. The molecule has 108 valence electrons. The van der Waals surface area contributed by atoms with Crippen molar-refractivity contribution in [2.45, 2.75) is 19.4 Å². The molecule has 0 aliphatic carbocycles. The molecule has 2 aromatic rings. The second kappa shape index (κ2) is 6.33. The van der Waals surface area contributed by atoms with E-state index in [0.29, 0.717) is 6.61 Å². The maximum atomic E-state index is 5.99. The molecule has 1 unspecified atom stereocenters. The van der Waals surface area contributed by atoms with E-state index in [1.54, 1.807) is 0 Å². The lowest BCUT2D eigenvalue weighted by molar-refractivity contribution is -0.114. The van der Waals surface area contributed by atoms with Gasteiger partial charge in [0.15, 0.2) is 0 Å². The van der Waals surface area contributed by atoms with Gasteiger partial charge >= 0.3 is 0 Å². The van der Waals surface area contributed by atoms with Crippen LogP contribution in [0.1, 0.15) is 30.5 Å². The number of hydrogen-bond donors (Lipinski definition) is 0. The van der Waals surface area contributed by atoms with Crippen molar-refractivity contribution in [2.24, 2.45) is 0 Å². The summed E-state index contributed by atoms with van der Waals surface area (Å²) in [5, 5.41) is 2.79. The van der Waals surface area contributed by atoms with E-state index in [2.05, 4.69) is 49.4 Å². The average molecular weight is 300 g/mol. The molecule has 0 spiro atoms. The highest BCUT2D eigenvalue weighted by molar-refractivity contribution is 6.30. The zero-order valence-electron chi connectivity index (χ0n) is 12.0. The normalized spacial score (nSPS) is 15.9. The number of benzene rings is 2. The number of hydrogen-bond acceptors (Lipinski definition) is 2. The zero-order chi connectivity index (χ0) is 14.7. The lowest BCUT2D eigenvalue weighted by Crippen LogP contribution is -2.23. The van der Waals surface area contributed by atoms with Crippen molar-refractivity contribution < 1.29 is 4.84 Å². The van der Waals surface area contributed by atoms with Gasteiger partial charge in [-0.2, -0.15) is 0 Å². The first-order valence-corrected chi connectivity index (χ1v) is 7.60. The molecule has 0 aromatic heterocycles. The van der Waals surface area contributed by atoms with Crippen molar-refractivity contribution in [3.63, 3.8) is 0 Å². The SMILES string of the molecule is CCC(c1ccc(Cl)cc1)N1OCC=C1c1ccccc1. The number of nitrogens with zero attached hydrogens (tertiary/aromatic N) is 1. The first-order valence-electron chi connectivity index (χ1n) is 7.23. The summed E-state index contributed by atoms with van der Waals surface area (Å²) in [6.07, 6.45) is 3.10. The Morgan fingerprint density at radius 3 is 2.48 bits per heavy atom. The molecular formula is C18H18ClNO. The molecule has 0 saturated carbocycles. The predicted molar refractivity (Wildman–Crippen MR) is 86.7 cm³/mol. The van der Waals surface area contributed by atoms with Crippen LogP contribution in [0, 0.1) is 0 Å². The van der Waals surface area contributed by atoms with Gasteiger partial charge in [-0.25, -0.2) is 5.06 Å². The van der Waals surface area contributed by atoms with E-state index in [0.717, 1.165) is 17.1 Å². The van der Waals surface area contributed by atoms with E-state index in [9.17, 15) is 0 Å². The van der Waals surface area contributed by atoms with E-state index in [-0.39, 0.29) is 6.04 Å². The van der Waals surface area contributed by atoms with Crippen LogP contribution in [0.15, 0.2) is 60.7 Å². The monoisotopic (exact) mass is 299 g/mol. The Labute approximate surface area is 130 Å². The molecule has 1 heterocycles. The Morgan fingerprint density at radius 1 is 1.10 bits per heavy atom. The Bertz CT molecular complexity index is 621. The molecule has 2 aromatic carbocycles. The van der Waals surface area contributed by atoms with Crippen molar-refractivity contribution in [1.29, 1.82) is 0 Å². The Morgan fingerprint density at radius 2 is 1.81 bits per heavy atom. The molecule has 1 atom stereocenters. The minimum Gasteiger partial charge on any atom is -0.269 e. The van der Waals surface area contributed by atoms with Crippen LogP contribution in [-0.2, 0) is 4.84 Å². The fourth-order valence-corrected chi connectivity index (χ4v) is 2.82. The van der Waals surface area contributed by atoms with E-state index in [4.69, 9.17) is 16.4 Å². The second-order valence-corrected chi connectivity index (χ2v) is 5.49. The van der Waals surface area contributed by atoms with Crippen LogP contribution in [0.5, 0.6) is 0 Å². The highest BCUT2D eigenvalue weighted by Crippen LogP contribution is 2.35. The fraction of sp³-hybridized carbons (Fsp3) is 0.222. The lowest BCUT2D eigenvalue weighted by atomic mass is 10.0. The van der Waals surface area contributed by atoms with Crippen LogP contribution in [0.4, 0.5) is 0 Å². The molecule has 21 heavy (non-hydrogen) atoms. The first-order chi connectivity index (χ1) is 10.3. The maximum Gasteiger partial charge on any atom is 0.0954 e. The van der Waals surface area contributed by atoms with Gasteiger partial charge in [-0.1, -0.05) is 61.0 Å². The van der Waals surface area contributed by atoms with Gasteiger partial charge < -0.3 is 0 Å². The van der Waals surface area contributed by atoms with Crippen LogP contribution in [-0.4, -0.2) is 11.7 Å². The van der Waals surface area contributed by atoms with Gasteiger partial charge in [-0.3, -0.25) is 4.84 Å². The van der Waals surface area contributed by atoms with Crippen LogP contribution in [0.25, 0.3) is 5.70 Å². The maximum absolute atomic E-state index is 5.99. The fourth-order valence-electron chi connectivity index (χ4n) is 2.69. The third kappa shape index (κ3) is 2.97. The quantitative estimate of drug-likeness (QED) is 0.780. The van der Waals surface area contributed by atoms with Gasteiger partial charge in [0, 0.05) is 5.02 Å². The zero-order valence-corrected chi connectivity index (χ0v) is 12.8. The minimum absolute atomic E-state index is 0.191. The summed E-state index contributed by atoms with van der Waals surface area (Å²) in [5.74, 6) is 0. The first kappa shape index (κ1) is 14.2. The highest BCUT2D eigenvalue weighted by atomic mass is 35.5. The standard InChI is InChI=1S/C18H18ClNO/c1-2-17(15-8-10-16(19)11-9-15)20-18(12-13-21-20)14-6-4-3-5-7-14/h3-12,17H,2,13H2,1H3. The molecule has 0 N–H and O–H groups in total. The Balaban J connectivity index is 1.90. The van der Waals surface area contributed by atoms with Gasteiger partial charge in [-0.05, 0) is 35.8 Å². The van der Waals surface area contributed by atoms with Crippen LogP contribution >= 0.6 is 11.6 Å². The summed E-state index contributed by atoms with van der Waals surface area (Å²) in [5.41, 5.74) is 3.53. The summed E-state index contributed by atoms with van der Waals surface area (Å²) >= 11 is 5.99. The van der Waals surface area contributed by atoms with Crippen LogP contribution in [0.3, 0.4) is 0 Å². The van der Waals surface area contributed by atoms with Gasteiger partial charge in [0.05, 0.1) is 18.3 Å². The predicted octanol–water partition coefficient (Wildman–Crippen LogP) is 5.08. The summed E-state index contributed by atoms with van der Waals surface area (Å²) in [6, 6.07) is 18.6. The van der Waals surface area contributed by atoms with Crippen molar-refractivity contribution in [3.8, 4) is 0 Å². The second-order valence-electron chi connectivity index (χ2n) is 5.05. The molecule has 0 radical (unpaired) electrons. The summed E-state index contributed by atoms with van der Waals surface area (Å²) in [7, 11) is 0. The van der Waals surface area contributed by atoms with E-state index in [1.165, 1.54) is 11.1 Å². The highest BCUT2D eigenvalue weighted by Gasteiger charge is 2.26. The van der Waals surface area contributed by atoms with Crippen LogP contribution in [0.2, 0.25) is 5.02 Å². The molecule has 3 rings (SSSR count). The van der Waals surface area contributed by atoms with Gasteiger partial charge in [0.25, 0.3) is 0 Å². The minimum atomic E-state index is 0.191. The van der Waals surface area contributed by atoms with Crippen LogP contribution < -0.4 is 0 Å². The molecule has 1 aliphatic rings. The van der Waals surface area contributed by atoms with Crippen molar-refractivity contribution >= 4 is 17.3 Å². The van der Waals surface area contributed by atoms with Gasteiger partial charge in [-0.15, -0.1) is 0 Å². The molecule has 3 heteroatoms. The third-order valence-electron chi connectivity index (χ3n) is 3.72. The summed E-state index contributed by atoms with van der Waals surface area (Å²) in [6.45, 7) is 2.79. The number of halogens is 1. The summed E-state index contributed by atoms with van der Waals surface area (Å²) in [4.78, 5) is 5.87. The molecule has 1 aliphatic heterocycles. The number of hydroxylamine groups is 2. The molecule has 0 saturated heterocycles. The lowest BCUT2D eigenvalue weighted by Gasteiger charge is -2.30. The van der Waals surface area contributed by atoms with Crippen molar-refractivity contribution in [3.05, 3.63) is 76.8 Å². The van der Waals surface area contributed by atoms with Gasteiger partial charge in [0.2, 0.25) is 0 Å². The van der Waals surface area contributed by atoms with Gasteiger partial charge in [0.1, 0.15) is 0 Å². The smallest absolute Gasteiger partial charge is 0.0954 e. The third-order valence-corrected chi connectivity index (χ3v) is 3.97. The van der Waals surface area contributed by atoms with E-state index >= 15 is 0 Å². The van der Waals surface area contributed by atoms with E-state index in [1.807, 2.05) is 23.3 Å². The molecule has 0 bridgehead atoms. The molecule has 0 fully saturated rings. The largest absolute Gasteiger partial charge is 0.269 e. The summed E-state index contributed by atoms with van der Waals surface area (Å²) < 4.78 is 0. The number of rotatable bonds is 4. The Hall–Kier alpha value is -1.77.